The van der Waals surface area contributed by atoms with E-state index in [4.69, 9.17) is 7.85 Å². The minimum Gasteiger partial charge on any atom is -0.350 e. The van der Waals surface area contributed by atoms with Crippen molar-refractivity contribution < 1.29 is 9.59 Å². The van der Waals surface area contributed by atoms with Crippen LogP contribution in [0.2, 0.25) is 0 Å². The summed E-state index contributed by atoms with van der Waals surface area (Å²) in [6.45, 7) is -0.0897. The average molecular weight is 201 g/mol. The summed E-state index contributed by atoms with van der Waals surface area (Å²) in [7, 11) is 4.89. The third kappa shape index (κ3) is 5.01. The van der Waals surface area contributed by atoms with Crippen LogP contribution in [-0.2, 0) is 16.0 Å². The van der Waals surface area contributed by atoms with Gasteiger partial charge in [-0.25, -0.2) is 0 Å². The van der Waals surface area contributed by atoms with Crippen LogP contribution in [0.25, 0.3) is 0 Å². The molecule has 0 saturated carbocycles. The zero-order valence-corrected chi connectivity index (χ0v) is 8.40. The highest BCUT2D eigenvalue weighted by Crippen LogP contribution is 2.01. The smallest absolute Gasteiger partial charge is 0.220 e. The first-order chi connectivity index (χ1) is 7.18. The molecule has 0 atom stereocenters. The summed E-state index contributed by atoms with van der Waals surface area (Å²) in [5.41, 5.74) is 0.579. The number of hydrogen-bond donors (Lipinski definition) is 1. The highest BCUT2D eigenvalue weighted by atomic mass is 16.2. The lowest BCUT2D eigenvalue weighted by molar-refractivity contribution is -0.123. The molecule has 0 bridgehead atoms. The SMILES string of the molecule is [B]C(=O)CNC(=O)CCc1ccccc1. The van der Waals surface area contributed by atoms with E-state index in [0.29, 0.717) is 12.8 Å². The van der Waals surface area contributed by atoms with Gasteiger partial charge >= 0.3 is 0 Å². The van der Waals surface area contributed by atoms with E-state index >= 15 is 0 Å². The predicted octanol–water partition coefficient (Wildman–Crippen LogP) is 0.430. The van der Waals surface area contributed by atoms with E-state index in [1.54, 1.807) is 0 Å². The average Bonchev–Trinajstić information content (AvgIpc) is 2.25. The highest BCUT2D eigenvalue weighted by molar-refractivity contribution is 6.58. The first kappa shape index (κ1) is 11.5. The van der Waals surface area contributed by atoms with Gasteiger partial charge in [-0.05, 0) is 12.0 Å². The molecule has 0 aliphatic carbocycles. The summed E-state index contributed by atoms with van der Waals surface area (Å²) < 4.78 is 0. The second kappa shape index (κ2) is 6.01. The zero-order chi connectivity index (χ0) is 11.1. The molecule has 15 heavy (non-hydrogen) atoms. The summed E-state index contributed by atoms with van der Waals surface area (Å²) in [6, 6.07) is 9.70. The second-order valence-electron chi connectivity index (χ2n) is 3.23. The predicted molar refractivity (Wildman–Crippen MR) is 58.5 cm³/mol. The number of rotatable bonds is 5. The Bertz CT molecular complexity index is 338. The van der Waals surface area contributed by atoms with Gasteiger partial charge in [-0.1, -0.05) is 30.3 Å². The number of amides is 1. The maximum Gasteiger partial charge on any atom is 0.220 e. The fourth-order valence-corrected chi connectivity index (χ4v) is 1.18. The third-order valence-electron chi connectivity index (χ3n) is 1.94. The molecule has 0 saturated heterocycles. The largest absolute Gasteiger partial charge is 0.350 e. The van der Waals surface area contributed by atoms with E-state index in [1.165, 1.54) is 0 Å². The van der Waals surface area contributed by atoms with Crippen molar-refractivity contribution >= 4 is 19.4 Å². The topological polar surface area (TPSA) is 46.2 Å². The van der Waals surface area contributed by atoms with Crippen LogP contribution < -0.4 is 5.32 Å². The molecule has 76 valence electrons. The highest BCUT2D eigenvalue weighted by Gasteiger charge is 2.02. The van der Waals surface area contributed by atoms with Gasteiger partial charge in [0.05, 0.1) is 12.2 Å². The van der Waals surface area contributed by atoms with Gasteiger partial charge in [0.2, 0.25) is 5.91 Å². The van der Waals surface area contributed by atoms with Crippen molar-refractivity contribution in [3.8, 4) is 0 Å². The monoisotopic (exact) mass is 201 g/mol. The maximum absolute atomic E-state index is 11.2. The lowest BCUT2D eigenvalue weighted by Crippen LogP contribution is -2.29. The molecule has 3 nitrogen and oxygen atoms in total. The van der Waals surface area contributed by atoms with Gasteiger partial charge in [0.1, 0.15) is 0 Å². The van der Waals surface area contributed by atoms with Crippen LogP contribution >= 0.6 is 0 Å². The Hall–Kier alpha value is -1.58. The summed E-state index contributed by atoms with van der Waals surface area (Å²) in [5.74, 6) is -0.155. The summed E-state index contributed by atoms with van der Waals surface area (Å²) in [4.78, 5) is 21.6. The van der Waals surface area contributed by atoms with E-state index in [0.717, 1.165) is 5.56 Å². The molecule has 1 N–H and O–H groups in total. The molecule has 0 aromatic heterocycles. The first-order valence-corrected chi connectivity index (χ1v) is 4.77. The van der Waals surface area contributed by atoms with Gasteiger partial charge < -0.3 is 10.1 Å². The van der Waals surface area contributed by atoms with E-state index in [2.05, 4.69) is 5.32 Å². The quantitative estimate of drug-likeness (QED) is 0.702. The van der Waals surface area contributed by atoms with Crippen LogP contribution in [0.1, 0.15) is 12.0 Å². The molecule has 1 aromatic carbocycles. The normalized spacial score (nSPS) is 9.60. The summed E-state index contributed by atoms with van der Waals surface area (Å²) >= 11 is 0. The number of nitrogens with one attached hydrogen (secondary N) is 1. The molecular weight excluding hydrogens is 189 g/mol. The molecule has 0 aliphatic heterocycles. The van der Waals surface area contributed by atoms with Crippen LogP contribution in [0.4, 0.5) is 0 Å². The molecule has 0 heterocycles. The molecule has 4 heteroatoms. The van der Waals surface area contributed by atoms with Crippen LogP contribution in [0.5, 0.6) is 0 Å². The number of carbonyl (C=O) groups is 2. The van der Waals surface area contributed by atoms with Crippen molar-refractivity contribution in [3.05, 3.63) is 35.9 Å². The fourth-order valence-electron chi connectivity index (χ4n) is 1.18. The Morgan fingerprint density at radius 1 is 1.20 bits per heavy atom. The van der Waals surface area contributed by atoms with E-state index in [1.807, 2.05) is 30.3 Å². The van der Waals surface area contributed by atoms with Crippen molar-refractivity contribution in [1.29, 1.82) is 0 Å². The molecule has 0 spiro atoms. The Morgan fingerprint density at radius 2 is 1.87 bits per heavy atom. The molecular formula is C11H12BNO2. The van der Waals surface area contributed by atoms with Crippen LogP contribution in [0.3, 0.4) is 0 Å². The minimum absolute atomic E-state index is 0.0897. The van der Waals surface area contributed by atoms with Gasteiger partial charge in [0, 0.05) is 6.42 Å². The standard InChI is InChI=1S/C11H12BNO2/c12-10(14)8-13-11(15)7-6-9-4-2-1-3-5-9/h1-5H,6-8H2,(H,13,15). The Balaban J connectivity index is 2.26. The van der Waals surface area contributed by atoms with Gasteiger partial charge in [-0.3, -0.25) is 4.79 Å². The summed E-state index contributed by atoms with van der Waals surface area (Å²) in [5, 5.41) is 2.44. The third-order valence-corrected chi connectivity index (χ3v) is 1.94. The zero-order valence-electron chi connectivity index (χ0n) is 8.40. The lowest BCUT2D eigenvalue weighted by Gasteiger charge is -2.02. The van der Waals surface area contributed by atoms with Crippen LogP contribution in [0.15, 0.2) is 30.3 Å². The molecule has 0 unspecified atom stereocenters. The van der Waals surface area contributed by atoms with Gasteiger partial charge in [0.15, 0.2) is 7.85 Å². The van der Waals surface area contributed by atoms with Crippen LogP contribution in [0, 0.1) is 0 Å². The number of aryl methyl sites for hydroxylation is 1. The molecule has 1 amide bonds. The van der Waals surface area contributed by atoms with Crippen molar-refractivity contribution in [2.75, 3.05) is 6.54 Å². The second-order valence-corrected chi connectivity index (χ2v) is 3.23. The van der Waals surface area contributed by atoms with E-state index < -0.39 is 5.68 Å². The van der Waals surface area contributed by atoms with Gasteiger partial charge in [-0.15, -0.1) is 0 Å². The van der Waals surface area contributed by atoms with Crippen molar-refractivity contribution in [3.63, 3.8) is 0 Å². The van der Waals surface area contributed by atoms with Crippen molar-refractivity contribution in [2.24, 2.45) is 0 Å². The molecule has 1 rings (SSSR count). The number of benzene rings is 1. The number of carbonyl (C=O) groups excluding carboxylic acids is 2. The molecule has 0 fully saturated rings. The van der Waals surface area contributed by atoms with Gasteiger partial charge in [0.25, 0.3) is 0 Å². The van der Waals surface area contributed by atoms with E-state index in [-0.39, 0.29) is 12.5 Å². The first-order valence-electron chi connectivity index (χ1n) is 4.77. The molecule has 0 aliphatic rings. The molecule has 1 aromatic rings. The van der Waals surface area contributed by atoms with E-state index in [9.17, 15) is 9.59 Å². The minimum atomic E-state index is -0.525. The van der Waals surface area contributed by atoms with Crippen LogP contribution in [-0.4, -0.2) is 26.0 Å². The maximum atomic E-state index is 11.2. The Kier molecular flexibility index (Phi) is 4.61. The van der Waals surface area contributed by atoms with Crippen molar-refractivity contribution in [2.45, 2.75) is 12.8 Å². The molecule has 2 radical (unpaired) electrons. The summed E-state index contributed by atoms with van der Waals surface area (Å²) in [6.07, 6.45) is 1.04. The Morgan fingerprint density at radius 3 is 2.47 bits per heavy atom. The number of hydrogen-bond acceptors (Lipinski definition) is 2. The Labute approximate surface area is 90.3 Å². The van der Waals surface area contributed by atoms with Crippen molar-refractivity contribution in [1.82, 2.24) is 5.32 Å². The lowest BCUT2D eigenvalue weighted by atomic mass is 10.0. The fraction of sp³-hybridized carbons (Fsp3) is 0.273. The van der Waals surface area contributed by atoms with Gasteiger partial charge in [-0.2, -0.15) is 0 Å².